The van der Waals surface area contributed by atoms with Crippen molar-refractivity contribution in [1.29, 1.82) is 0 Å². The second kappa shape index (κ2) is 9.82. The molecule has 2 heterocycles. The Hall–Kier alpha value is -3.94. The van der Waals surface area contributed by atoms with E-state index in [1.54, 1.807) is 47.4 Å². The van der Waals surface area contributed by atoms with Crippen LogP contribution < -0.4 is 9.64 Å². The van der Waals surface area contributed by atoms with E-state index in [0.29, 0.717) is 29.8 Å². The molecule has 2 aromatic carbocycles. The van der Waals surface area contributed by atoms with Crippen LogP contribution in [0.4, 0.5) is 5.69 Å². The molecule has 2 saturated heterocycles. The third-order valence-electron chi connectivity index (χ3n) is 10.8. The summed E-state index contributed by atoms with van der Waals surface area (Å²) in [7, 11) is 1.52. The van der Waals surface area contributed by atoms with Crippen LogP contribution in [0.25, 0.3) is 0 Å². The van der Waals surface area contributed by atoms with Crippen LogP contribution in [0.5, 0.6) is 11.5 Å². The molecule has 218 valence electrons. The monoisotopic (exact) mass is 568 g/mol. The number of methoxy groups -OCH3 is 1. The van der Waals surface area contributed by atoms with Gasteiger partial charge in [-0.2, -0.15) is 0 Å². The number of hydrogen-bond acceptors (Lipinski definition) is 6. The molecular formula is C34H36N2O6. The van der Waals surface area contributed by atoms with Gasteiger partial charge in [0.1, 0.15) is 11.5 Å². The Bertz CT molecular complexity index is 1510. The number of rotatable bonds is 4. The highest BCUT2D eigenvalue weighted by Gasteiger charge is 2.68. The highest BCUT2D eigenvalue weighted by Crippen LogP contribution is 2.65. The molecule has 4 fully saturated rings. The van der Waals surface area contributed by atoms with E-state index >= 15 is 0 Å². The van der Waals surface area contributed by atoms with Crippen LogP contribution in [0.3, 0.4) is 0 Å². The lowest BCUT2D eigenvalue weighted by molar-refractivity contribution is -0.144. The number of allylic oxidation sites excluding steroid dienone is 2. The van der Waals surface area contributed by atoms with Crippen LogP contribution in [0.2, 0.25) is 0 Å². The number of anilines is 1. The lowest BCUT2D eigenvalue weighted by atomic mass is 9.51. The molecular weight excluding hydrogens is 532 g/mol. The first-order valence-corrected chi connectivity index (χ1v) is 15.1. The van der Waals surface area contributed by atoms with E-state index in [9.17, 15) is 24.3 Å². The van der Waals surface area contributed by atoms with Crippen molar-refractivity contribution in [2.24, 2.45) is 29.1 Å². The third-order valence-corrected chi connectivity index (χ3v) is 10.8. The molecule has 8 heteroatoms. The molecule has 5 aliphatic rings. The largest absolute Gasteiger partial charge is 0.508 e. The van der Waals surface area contributed by atoms with Crippen molar-refractivity contribution in [3.63, 3.8) is 0 Å². The quantitative estimate of drug-likeness (QED) is 0.413. The minimum Gasteiger partial charge on any atom is -0.508 e. The normalized spacial score (nSPS) is 32.9. The SMILES string of the molecule is COc1cccc(O)c1[C@H]1C2=CC[C@@H]3C(=O)N(C4CCCCC4)C(=O)[C@@H]3[C@@H]2C[C@H]2C(=O)N(c3ccccc3)C(=O)[C@@]12C. The van der Waals surface area contributed by atoms with Crippen molar-refractivity contribution in [1.82, 2.24) is 4.90 Å². The molecule has 0 bridgehead atoms. The summed E-state index contributed by atoms with van der Waals surface area (Å²) in [6.07, 6.45) is 7.49. The molecule has 8 nitrogen and oxygen atoms in total. The number of imide groups is 2. The van der Waals surface area contributed by atoms with E-state index in [0.717, 1.165) is 37.7 Å². The van der Waals surface area contributed by atoms with Crippen LogP contribution in [0, 0.1) is 29.1 Å². The zero-order valence-electron chi connectivity index (χ0n) is 24.0. The maximum Gasteiger partial charge on any atom is 0.241 e. The van der Waals surface area contributed by atoms with Gasteiger partial charge in [0.25, 0.3) is 0 Å². The van der Waals surface area contributed by atoms with Gasteiger partial charge in [0, 0.05) is 17.5 Å². The number of likely N-dealkylation sites (tertiary alicyclic amines) is 1. The van der Waals surface area contributed by atoms with E-state index in [4.69, 9.17) is 4.74 Å². The zero-order valence-corrected chi connectivity index (χ0v) is 24.0. The maximum absolute atomic E-state index is 14.5. The fraction of sp³-hybridized carbons (Fsp3) is 0.471. The minimum absolute atomic E-state index is 0.0286. The Morgan fingerprint density at radius 3 is 2.33 bits per heavy atom. The lowest BCUT2D eigenvalue weighted by Gasteiger charge is -2.49. The van der Waals surface area contributed by atoms with Crippen molar-refractivity contribution < 1.29 is 29.0 Å². The van der Waals surface area contributed by atoms with E-state index in [2.05, 4.69) is 0 Å². The number of carbonyl (C=O) groups excluding carboxylic acids is 4. The molecule has 4 amide bonds. The molecule has 42 heavy (non-hydrogen) atoms. The fourth-order valence-electron chi connectivity index (χ4n) is 8.87. The molecule has 2 aliphatic heterocycles. The Kier molecular flexibility index (Phi) is 6.29. The maximum atomic E-state index is 14.5. The third kappa shape index (κ3) is 3.59. The second-order valence-electron chi connectivity index (χ2n) is 12.7. The minimum atomic E-state index is -1.23. The summed E-state index contributed by atoms with van der Waals surface area (Å²) in [6.45, 7) is 1.82. The number of fused-ring (bicyclic) bond motifs is 4. The van der Waals surface area contributed by atoms with Crippen LogP contribution in [-0.4, -0.2) is 46.8 Å². The van der Waals surface area contributed by atoms with Crippen LogP contribution in [0.1, 0.15) is 63.4 Å². The first-order chi connectivity index (χ1) is 20.3. The zero-order chi connectivity index (χ0) is 29.3. The number of hydrogen-bond donors (Lipinski definition) is 1. The topological polar surface area (TPSA) is 104 Å². The van der Waals surface area contributed by atoms with Crippen molar-refractivity contribution in [3.8, 4) is 11.5 Å². The van der Waals surface area contributed by atoms with Crippen LogP contribution in [-0.2, 0) is 19.2 Å². The molecule has 1 N–H and O–H groups in total. The number of ether oxygens (including phenoxy) is 1. The summed E-state index contributed by atoms with van der Waals surface area (Å²) in [4.78, 5) is 59.5. The van der Waals surface area contributed by atoms with Gasteiger partial charge in [-0.15, -0.1) is 0 Å². The number of carbonyl (C=O) groups is 4. The van der Waals surface area contributed by atoms with Crippen LogP contribution >= 0.6 is 0 Å². The summed E-state index contributed by atoms with van der Waals surface area (Å²) >= 11 is 0. The number of para-hydroxylation sites is 1. The summed E-state index contributed by atoms with van der Waals surface area (Å²) in [5.41, 5.74) is 0.552. The van der Waals surface area contributed by atoms with Gasteiger partial charge < -0.3 is 9.84 Å². The Morgan fingerprint density at radius 1 is 0.881 bits per heavy atom. The van der Waals surface area contributed by atoms with Crippen LogP contribution in [0.15, 0.2) is 60.2 Å². The molecule has 6 atom stereocenters. The molecule has 3 aliphatic carbocycles. The first-order valence-electron chi connectivity index (χ1n) is 15.1. The number of nitrogens with zero attached hydrogens (tertiary/aromatic N) is 2. The van der Waals surface area contributed by atoms with Gasteiger partial charge in [-0.05, 0) is 62.8 Å². The number of aromatic hydroxyl groups is 1. The van der Waals surface area contributed by atoms with E-state index in [1.807, 2.05) is 19.1 Å². The summed E-state index contributed by atoms with van der Waals surface area (Å²) in [5.74, 6) is -3.42. The molecule has 0 aromatic heterocycles. The van der Waals surface area contributed by atoms with Gasteiger partial charge in [-0.1, -0.05) is 55.2 Å². The number of phenols is 1. The lowest BCUT2D eigenvalue weighted by Crippen LogP contribution is -2.49. The highest BCUT2D eigenvalue weighted by molar-refractivity contribution is 6.24. The van der Waals surface area contributed by atoms with Crippen molar-refractivity contribution >= 4 is 29.3 Å². The molecule has 2 aromatic rings. The molecule has 0 spiro atoms. The van der Waals surface area contributed by atoms with E-state index in [1.165, 1.54) is 12.0 Å². The van der Waals surface area contributed by atoms with E-state index in [-0.39, 0.29) is 35.4 Å². The predicted molar refractivity (Wildman–Crippen MR) is 154 cm³/mol. The van der Waals surface area contributed by atoms with Crippen molar-refractivity contribution in [2.75, 3.05) is 12.0 Å². The average molecular weight is 569 g/mol. The van der Waals surface area contributed by atoms with Gasteiger partial charge in [0.15, 0.2) is 0 Å². The Labute approximate surface area is 245 Å². The smallest absolute Gasteiger partial charge is 0.241 e. The number of amides is 4. The first kappa shape index (κ1) is 26.9. The van der Waals surface area contributed by atoms with Gasteiger partial charge in [-0.3, -0.25) is 24.1 Å². The summed E-state index contributed by atoms with van der Waals surface area (Å²) in [6, 6.07) is 13.8. The van der Waals surface area contributed by atoms with Crippen molar-refractivity contribution in [2.45, 2.75) is 63.8 Å². The summed E-state index contributed by atoms with van der Waals surface area (Å²) in [5, 5.41) is 11.3. The standard InChI is InChI=1S/C34H36N2O6/c1-34-24(31(39)36(33(34)41)20-12-7-4-8-13-20)18-23-21(29(34)28-25(37)14-9-15-26(28)42-2)16-17-22-27(23)32(40)35(30(22)38)19-10-5-3-6-11-19/h4,7-9,12-16,19,22-24,27,29,37H,3,5-6,10-11,17-18H2,1-2H3/t22-,23+,24-,27-,29+,34+/m0/s1. The second-order valence-corrected chi connectivity index (χ2v) is 12.7. The molecule has 2 saturated carbocycles. The fourth-order valence-corrected chi connectivity index (χ4v) is 8.87. The van der Waals surface area contributed by atoms with Gasteiger partial charge in [0.2, 0.25) is 23.6 Å². The van der Waals surface area contributed by atoms with E-state index < -0.39 is 35.0 Å². The van der Waals surface area contributed by atoms with Crippen molar-refractivity contribution in [3.05, 3.63) is 65.7 Å². The number of benzene rings is 2. The summed E-state index contributed by atoms with van der Waals surface area (Å²) < 4.78 is 5.72. The predicted octanol–water partition coefficient (Wildman–Crippen LogP) is 4.96. The van der Waals surface area contributed by atoms with Gasteiger partial charge in [0.05, 0.1) is 36.0 Å². The van der Waals surface area contributed by atoms with Gasteiger partial charge >= 0.3 is 0 Å². The number of phenolic OH excluding ortho intramolecular Hbond substituents is 1. The Balaban J connectivity index is 1.38. The highest BCUT2D eigenvalue weighted by atomic mass is 16.5. The average Bonchev–Trinajstić information content (AvgIpc) is 3.37. The molecule has 0 unspecified atom stereocenters. The van der Waals surface area contributed by atoms with Gasteiger partial charge in [-0.25, -0.2) is 4.90 Å². The molecule has 7 rings (SSSR count). The molecule has 0 radical (unpaired) electrons. The Morgan fingerprint density at radius 2 is 1.62 bits per heavy atom.